The number of rotatable bonds is 4. The Morgan fingerprint density at radius 3 is 2.91 bits per heavy atom. The molecule has 2 amide bonds. The topological polar surface area (TPSA) is 101 Å². The fourth-order valence-corrected chi connectivity index (χ4v) is 2.95. The van der Waals surface area contributed by atoms with Gasteiger partial charge < -0.3 is 5.11 Å². The maximum absolute atomic E-state index is 12.1. The third kappa shape index (κ3) is 2.94. The van der Waals surface area contributed by atoms with Crippen molar-refractivity contribution in [1.82, 2.24) is 15.1 Å². The van der Waals surface area contributed by atoms with E-state index in [2.05, 4.69) is 10.4 Å². The largest absolute Gasteiger partial charge is 0.481 e. The molecule has 0 saturated carbocycles. The number of amides is 2. The number of nitrogens with one attached hydrogen (secondary N) is 1. The standard InChI is InChI=1S/C16H17N3O4/c1-19-12-8-9(3-7-14(21)22)2-4-10(12)15(18-19)11-5-6-13(20)17-16(11)23/h2,4,8,11H,3,5-7H2,1H3,(H,21,22)(H,17,20,23). The lowest BCUT2D eigenvalue weighted by Gasteiger charge is -2.19. The zero-order valence-electron chi connectivity index (χ0n) is 12.7. The van der Waals surface area contributed by atoms with Gasteiger partial charge in [-0.3, -0.25) is 24.4 Å². The molecule has 0 aliphatic carbocycles. The van der Waals surface area contributed by atoms with Crippen molar-refractivity contribution in [2.24, 2.45) is 7.05 Å². The molecule has 2 aromatic rings. The number of carbonyl (C=O) groups is 3. The summed E-state index contributed by atoms with van der Waals surface area (Å²) in [5, 5.41) is 16.4. The van der Waals surface area contributed by atoms with E-state index in [1.165, 1.54) is 0 Å². The minimum Gasteiger partial charge on any atom is -0.481 e. The molecule has 120 valence electrons. The molecule has 1 aromatic heterocycles. The summed E-state index contributed by atoms with van der Waals surface area (Å²) in [6.07, 6.45) is 1.29. The van der Waals surface area contributed by atoms with Crippen molar-refractivity contribution in [3.63, 3.8) is 0 Å². The van der Waals surface area contributed by atoms with Crippen LogP contribution in [0.2, 0.25) is 0 Å². The van der Waals surface area contributed by atoms with E-state index in [0.29, 0.717) is 25.0 Å². The molecule has 3 rings (SSSR count). The number of aliphatic carboxylic acids is 1. The lowest BCUT2D eigenvalue weighted by atomic mass is 9.92. The summed E-state index contributed by atoms with van der Waals surface area (Å²) >= 11 is 0. The van der Waals surface area contributed by atoms with Gasteiger partial charge in [-0.05, 0) is 24.5 Å². The molecule has 1 aliphatic rings. The van der Waals surface area contributed by atoms with E-state index in [1.54, 1.807) is 11.7 Å². The van der Waals surface area contributed by atoms with Gasteiger partial charge in [-0.1, -0.05) is 12.1 Å². The number of carbonyl (C=O) groups excluding carboxylic acids is 2. The molecule has 1 atom stereocenters. The first-order valence-electron chi connectivity index (χ1n) is 7.46. The van der Waals surface area contributed by atoms with Gasteiger partial charge in [-0.2, -0.15) is 5.10 Å². The normalized spacial score (nSPS) is 18.2. The summed E-state index contributed by atoms with van der Waals surface area (Å²) in [5.74, 6) is -1.82. The molecule has 1 aromatic carbocycles. The molecule has 7 heteroatoms. The predicted octanol–water partition coefficient (Wildman–Crippen LogP) is 1.11. The number of imide groups is 1. The molecule has 2 heterocycles. The van der Waals surface area contributed by atoms with Gasteiger partial charge in [0.1, 0.15) is 0 Å². The van der Waals surface area contributed by atoms with Gasteiger partial charge in [-0.25, -0.2) is 0 Å². The second-order valence-electron chi connectivity index (χ2n) is 5.76. The number of hydrogen-bond donors (Lipinski definition) is 2. The first-order valence-corrected chi connectivity index (χ1v) is 7.46. The number of hydrogen-bond acceptors (Lipinski definition) is 4. The Kier molecular flexibility index (Phi) is 3.85. The molecule has 1 fully saturated rings. The Morgan fingerprint density at radius 2 is 2.22 bits per heavy atom. The summed E-state index contributed by atoms with van der Waals surface area (Å²) in [7, 11) is 1.79. The molecule has 2 N–H and O–H groups in total. The van der Waals surface area contributed by atoms with E-state index in [4.69, 9.17) is 5.11 Å². The molecule has 0 spiro atoms. The highest BCUT2D eigenvalue weighted by Gasteiger charge is 2.31. The summed E-state index contributed by atoms with van der Waals surface area (Å²) in [6, 6.07) is 5.64. The summed E-state index contributed by atoms with van der Waals surface area (Å²) < 4.78 is 1.69. The third-order valence-corrected chi connectivity index (χ3v) is 4.14. The summed E-state index contributed by atoms with van der Waals surface area (Å²) in [5.41, 5.74) is 2.43. The third-order valence-electron chi connectivity index (χ3n) is 4.14. The quantitative estimate of drug-likeness (QED) is 0.823. The fraction of sp³-hybridized carbons (Fsp3) is 0.375. The van der Waals surface area contributed by atoms with Crippen LogP contribution in [0.3, 0.4) is 0 Å². The predicted molar refractivity (Wildman–Crippen MR) is 81.8 cm³/mol. The van der Waals surface area contributed by atoms with Crippen LogP contribution in [0.5, 0.6) is 0 Å². The highest BCUT2D eigenvalue weighted by molar-refractivity contribution is 6.02. The van der Waals surface area contributed by atoms with Crippen LogP contribution in [0.4, 0.5) is 0 Å². The van der Waals surface area contributed by atoms with Crippen LogP contribution in [-0.4, -0.2) is 32.7 Å². The molecule has 1 unspecified atom stereocenters. The number of aryl methyl sites for hydroxylation is 2. The minimum absolute atomic E-state index is 0.0728. The van der Waals surface area contributed by atoms with Crippen molar-refractivity contribution in [2.45, 2.75) is 31.6 Å². The van der Waals surface area contributed by atoms with E-state index in [0.717, 1.165) is 16.5 Å². The number of piperidine rings is 1. The van der Waals surface area contributed by atoms with Crippen molar-refractivity contribution in [3.05, 3.63) is 29.5 Å². The van der Waals surface area contributed by atoms with E-state index in [9.17, 15) is 14.4 Å². The zero-order chi connectivity index (χ0) is 16.6. The Bertz CT molecular complexity index is 809. The van der Waals surface area contributed by atoms with Crippen LogP contribution < -0.4 is 5.32 Å². The van der Waals surface area contributed by atoms with Crippen molar-refractivity contribution in [3.8, 4) is 0 Å². The number of carboxylic acids is 1. The molecular weight excluding hydrogens is 298 g/mol. The van der Waals surface area contributed by atoms with Crippen LogP contribution >= 0.6 is 0 Å². The molecule has 23 heavy (non-hydrogen) atoms. The van der Waals surface area contributed by atoms with Crippen molar-refractivity contribution in [2.75, 3.05) is 0 Å². The number of aromatic nitrogens is 2. The summed E-state index contributed by atoms with van der Waals surface area (Å²) in [4.78, 5) is 34.0. The number of fused-ring (bicyclic) bond motifs is 1. The number of benzene rings is 1. The van der Waals surface area contributed by atoms with E-state index < -0.39 is 11.9 Å². The van der Waals surface area contributed by atoms with Crippen LogP contribution in [0.15, 0.2) is 18.2 Å². The van der Waals surface area contributed by atoms with E-state index in [-0.39, 0.29) is 18.2 Å². The first-order chi connectivity index (χ1) is 11.0. The van der Waals surface area contributed by atoms with Crippen LogP contribution in [0, 0.1) is 0 Å². The number of carboxylic acid groups (broad SMARTS) is 1. The van der Waals surface area contributed by atoms with Gasteiger partial charge in [0, 0.05) is 25.3 Å². The Balaban J connectivity index is 1.95. The van der Waals surface area contributed by atoms with Gasteiger partial charge in [0.15, 0.2) is 0 Å². The van der Waals surface area contributed by atoms with Crippen molar-refractivity contribution < 1.29 is 19.5 Å². The van der Waals surface area contributed by atoms with Crippen LogP contribution in [0.25, 0.3) is 10.9 Å². The Morgan fingerprint density at radius 1 is 1.43 bits per heavy atom. The molecule has 1 saturated heterocycles. The lowest BCUT2D eigenvalue weighted by Crippen LogP contribution is -2.39. The lowest BCUT2D eigenvalue weighted by molar-refractivity contribution is -0.137. The van der Waals surface area contributed by atoms with Crippen molar-refractivity contribution in [1.29, 1.82) is 0 Å². The van der Waals surface area contributed by atoms with E-state index in [1.807, 2.05) is 18.2 Å². The van der Waals surface area contributed by atoms with Gasteiger partial charge in [0.25, 0.3) is 0 Å². The maximum Gasteiger partial charge on any atom is 0.303 e. The van der Waals surface area contributed by atoms with Gasteiger partial charge >= 0.3 is 5.97 Å². The summed E-state index contributed by atoms with van der Waals surface area (Å²) in [6.45, 7) is 0. The molecule has 0 radical (unpaired) electrons. The average Bonchev–Trinajstić information content (AvgIpc) is 2.82. The molecule has 7 nitrogen and oxygen atoms in total. The second-order valence-corrected chi connectivity index (χ2v) is 5.76. The Hall–Kier alpha value is -2.70. The number of nitrogens with zero attached hydrogens (tertiary/aromatic N) is 2. The molecular formula is C16H17N3O4. The van der Waals surface area contributed by atoms with Gasteiger partial charge in [-0.15, -0.1) is 0 Å². The van der Waals surface area contributed by atoms with Crippen molar-refractivity contribution >= 4 is 28.7 Å². The molecule has 0 bridgehead atoms. The Labute approximate surface area is 132 Å². The maximum atomic E-state index is 12.1. The molecule has 1 aliphatic heterocycles. The SMILES string of the molecule is Cn1nc(C2CCC(=O)NC2=O)c2ccc(CCC(=O)O)cc21. The fourth-order valence-electron chi connectivity index (χ4n) is 2.95. The van der Waals surface area contributed by atoms with Gasteiger partial charge in [0.05, 0.1) is 17.1 Å². The van der Waals surface area contributed by atoms with Crippen LogP contribution in [-0.2, 0) is 27.9 Å². The highest BCUT2D eigenvalue weighted by Crippen LogP contribution is 2.30. The highest BCUT2D eigenvalue weighted by atomic mass is 16.4. The smallest absolute Gasteiger partial charge is 0.303 e. The van der Waals surface area contributed by atoms with Gasteiger partial charge in [0.2, 0.25) is 11.8 Å². The zero-order valence-corrected chi connectivity index (χ0v) is 12.7. The van der Waals surface area contributed by atoms with E-state index >= 15 is 0 Å². The average molecular weight is 315 g/mol. The first kappa shape index (κ1) is 15.2. The van der Waals surface area contributed by atoms with Crippen LogP contribution in [0.1, 0.15) is 36.4 Å². The minimum atomic E-state index is -0.834. The monoisotopic (exact) mass is 315 g/mol. The second kappa shape index (κ2) is 5.83.